The van der Waals surface area contributed by atoms with Gasteiger partial charge in [-0.3, -0.25) is 4.79 Å². The highest BCUT2D eigenvalue weighted by Gasteiger charge is 2.14. The van der Waals surface area contributed by atoms with Gasteiger partial charge in [0.25, 0.3) is 0 Å². The number of halogens is 2. The van der Waals surface area contributed by atoms with E-state index >= 15 is 0 Å². The Labute approximate surface area is 118 Å². The van der Waals surface area contributed by atoms with Crippen LogP contribution in [0.4, 0.5) is 0 Å². The molecule has 3 N–H and O–H groups in total. The van der Waals surface area contributed by atoms with Crippen LogP contribution in [0.3, 0.4) is 0 Å². The van der Waals surface area contributed by atoms with E-state index in [1.807, 2.05) is 0 Å². The lowest BCUT2D eigenvalue weighted by molar-refractivity contribution is 0.0728. The lowest BCUT2D eigenvalue weighted by Crippen LogP contribution is -2.12. The van der Waals surface area contributed by atoms with Crippen molar-refractivity contribution in [3.05, 3.63) is 51.8 Å². The third kappa shape index (κ3) is 3.07. The van der Waals surface area contributed by atoms with Gasteiger partial charge in [-0.05, 0) is 24.3 Å². The minimum atomic E-state index is -0.671. The number of benzene rings is 1. The number of nitrogens with one attached hydrogen (secondary N) is 1. The van der Waals surface area contributed by atoms with Crippen molar-refractivity contribution in [2.45, 2.75) is 0 Å². The van der Waals surface area contributed by atoms with E-state index in [-0.39, 0.29) is 27.2 Å². The number of carbonyl (C=O) groups is 2. The van der Waals surface area contributed by atoms with Gasteiger partial charge in [0, 0.05) is 5.56 Å². The number of rotatable bonds is 3. The summed E-state index contributed by atoms with van der Waals surface area (Å²) < 4.78 is 5.06. The van der Waals surface area contributed by atoms with Gasteiger partial charge in [-0.15, -0.1) is 0 Å². The standard InChI is InChI=1S/C12H8Cl2N2O3/c13-8-5-9(16-10(8)14)12(18)19-7-3-1-2-6(4-7)11(15)17/h1-5,16H,(H2,15,17). The maximum Gasteiger partial charge on any atom is 0.360 e. The third-order valence-electron chi connectivity index (χ3n) is 2.27. The summed E-state index contributed by atoms with van der Waals surface area (Å²) >= 11 is 11.4. The summed E-state index contributed by atoms with van der Waals surface area (Å²) in [6.45, 7) is 0. The third-order valence-corrected chi connectivity index (χ3v) is 2.97. The summed E-state index contributed by atoms with van der Waals surface area (Å²) in [5.74, 6) is -1.08. The van der Waals surface area contributed by atoms with Gasteiger partial charge in [0.2, 0.25) is 5.91 Å². The predicted molar refractivity (Wildman–Crippen MR) is 70.7 cm³/mol. The SMILES string of the molecule is NC(=O)c1cccc(OC(=O)c2cc(Cl)c(Cl)[nH]2)c1. The van der Waals surface area contributed by atoms with Crippen LogP contribution in [0, 0.1) is 0 Å². The second-order valence-corrected chi connectivity index (χ2v) is 4.41. The number of esters is 1. The first-order valence-electron chi connectivity index (χ1n) is 5.13. The molecule has 0 unspecified atom stereocenters. The predicted octanol–water partition coefficient (Wildman–Crippen LogP) is 2.64. The first-order valence-corrected chi connectivity index (χ1v) is 5.89. The molecule has 0 saturated carbocycles. The number of aromatic nitrogens is 1. The lowest BCUT2D eigenvalue weighted by atomic mass is 10.2. The van der Waals surface area contributed by atoms with Crippen LogP contribution in [-0.2, 0) is 0 Å². The number of amides is 1. The minimum absolute atomic E-state index is 0.111. The zero-order valence-corrected chi connectivity index (χ0v) is 11.0. The molecule has 0 bridgehead atoms. The Bertz CT molecular complexity index is 633. The van der Waals surface area contributed by atoms with Gasteiger partial charge in [0.1, 0.15) is 16.6 Å². The molecule has 1 aromatic heterocycles. The quantitative estimate of drug-likeness (QED) is 0.675. The molecule has 19 heavy (non-hydrogen) atoms. The molecule has 1 aromatic carbocycles. The van der Waals surface area contributed by atoms with E-state index in [1.54, 1.807) is 6.07 Å². The van der Waals surface area contributed by atoms with Crippen LogP contribution < -0.4 is 10.5 Å². The summed E-state index contributed by atoms with van der Waals surface area (Å²) in [6.07, 6.45) is 0. The van der Waals surface area contributed by atoms with E-state index < -0.39 is 11.9 Å². The lowest BCUT2D eigenvalue weighted by Gasteiger charge is -2.03. The number of aromatic amines is 1. The Morgan fingerprint density at radius 2 is 1.95 bits per heavy atom. The Morgan fingerprint density at radius 1 is 1.21 bits per heavy atom. The molecule has 0 saturated heterocycles. The molecule has 1 heterocycles. The molecule has 0 spiro atoms. The van der Waals surface area contributed by atoms with Crippen LogP contribution >= 0.6 is 23.2 Å². The number of ether oxygens (including phenoxy) is 1. The van der Waals surface area contributed by atoms with Crippen LogP contribution in [-0.4, -0.2) is 16.9 Å². The van der Waals surface area contributed by atoms with Gasteiger partial charge in [0.05, 0.1) is 5.02 Å². The second kappa shape index (κ2) is 5.34. The molecule has 0 aliphatic heterocycles. The largest absolute Gasteiger partial charge is 0.422 e. The van der Waals surface area contributed by atoms with E-state index in [2.05, 4.69) is 4.98 Å². The molecular formula is C12H8Cl2N2O3. The van der Waals surface area contributed by atoms with Crippen molar-refractivity contribution >= 4 is 35.1 Å². The number of H-pyrrole nitrogens is 1. The number of nitrogens with two attached hydrogens (primary N) is 1. The van der Waals surface area contributed by atoms with E-state index in [0.29, 0.717) is 0 Å². The Kier molecular flexibility index (Phi) is 3.78. The van der Waals surface area contributed by atoms with Gasteiger partial charge in [0.15, 0.2) is 0 Å². The second-order valence-electron chi connectivity index (χ2n) is 3.63. The molecule has 98 valence electrons. The zero-order chi connectivity index (χ0) is 14.0. The smallest absolute Gasteiger partial charge is 0.360 e. The van der Waals surface area contributed by atoms with Gasteiger partial charge in [-0.25, -0.2) is 4.79 Å². The molecule has 7 heteroatoms. The molecule has 2 aromatic rings. The van der Waals surface area contributed by atoms with Gasteiger partial charge in [-0.1, -0.05) is 29.3 Å². The minimum Gasteiger partial charge on any atom is -0.422 e. The highest BCUT2D eigenvalue weighted by Crippen LogP contribution is 2.23. The van der Waals surface area contributed by atoms with Crippen molar-refractivity contribution in [2.75, 3.05) is 0 Å². The van der Waals surface area contributed by atoms with Crippen molar-refractivity contribution in [1.29, 1.82) is 0 Å². The van der Waals surface area contributed by atoms with E-state index in [9.17, 15) is 9.59 Å². The molecule has 0 fully saturated rings. The van der Waals surface area contributed by atoms with Gasteiger partial charge >= 0.3 is 5.97 Å². The van der Waals surface area contributed by atoms with Crippen molar-refractivity contribution < 1.29 is 14.3 Å². The van der Waals surface area contributed by atoms with Crippen LogP contribution in [0.2, 0.25) is 10.2 Å². The molecule has 1 amide bonds. The molecule has 0 radical (unpaired) electrons. The van der Waals surface area contributed by atoms with E-state index in [4.69, 9.17) is 33.7 Å². The van der Waals surface area contributed by atoms with E-state index in [0.717, 1.165) is 0 Å². The summed E-state index contributed by atoms with van der Waals surface area (Å²) in [5.41, 5.74) is 5.48. The van der Waals surface area contributed by atoms with Crippen molar-refractivity contribution in [1.82, 2.24) is 4.98 Å². The highest BCUT2D eigenvalue weighted by atomic mass is 35.5. The van der Waals surface area contributed by atoms with Crippen molar-refractivity contribution in [3.63, 3.8) is 0 Å². The van der Waals surface area contributed by atoms with Gasteiger partial charge in [-0.2, -0.15) is 0 Å². The fraction of sp³-hybridized carbons (Fsp3) is 0. The summed E-state index contributed by atoms with van der Waals surface area (Å²) in [6, 6.07) is 7.31. The Morgan fingerprint density at radius 3 is 2.53 bits per heavy atom. The maximum atomic E-state index is 11.8. The number of primary amides is 1. The number of hydrogen-bond donors (Lipinski definition) is 2. The maximum absolute atomic E-state index is 11.8. The highest BCUT2D eigenvalue weighted by molar-refractivity contribution is 6.41. The fourth-order valence-corrected chi connectivity index (χ4v) is 1.70. The molecule has 5 nitrogen and oxygen atoms in total. The topological polar surface area (TPSA) is 85.2 Å². The molecule has 2 rings (SSSR count). The Balaban J connectivity index is 2.19. The van der Waals surface area contributed by atoms with Gasteiger partial charge < -0.3 is 15.5 Å². The Hall–Kier alpha value is -1.98. The fourth-order valence-electron chi connectivity index (χ4n) is 1.39. The van der Waals surface area contributed by atoms with Crippen molar-refractivity contribution in [3.8, 4) is 5.75 Å². The molecule has 0 atom stereocenters. The molecule has 0 aliphatic carbocycles. The van der Waals surface area contributed by atoms with Crippen LogP contribution in [0.25, 0.3) is 0 Å². The van der Waals surface area contributed by atoms with Crippen LogP contribution in [0.5, 0.6) is 5.75 Å². The summed E-state index contributed by atoms with van der Waals surface area (Å²) in [5, 5.41) is 0.374. The van der Waals surface area contributed by atoms with Crippen LogP contribution in [0.1, 0.15) is 20.8 Å². The summed E-state index contributed by atoms with van der Waals surface area (Å²) in [7, 11) is 0. The monoisotopic (exact) mass is 298 g/mol. The summed E-state index contributed by atoms with van der Waals surface area (Å²) in [4.78, 5) is 25.3. The normalized spacial score (nSPS) is 10.2. The number of carbonyl (C=O) groups excluding carboxylic acids is 2. The average Bonchev–Trinajstić information content (AvgIpc) is 2.70. The number of hydrogen-bond acceptors (Lipinski definition) is 3. The average molecular weight is 299 g/mol. The first-order chi connectivity index (χ1) is 8.97. The van der Waals surface area contributed by atoms with Crippen molar-refractivity contribution in [2.24, 2.45) is 5.73 Å². The molecular weight excluding hydrogens is 291 g/mol. The zero-order valence-electron chi connectivity index (χ0n) is 9.44. The van der Waals surface area contributed by atoms with Crippen LogP contribution in [0.15, 0.2) is 30.3 Å². The first kappa shape index (κ1) is 13.5. The molecule has 0 aliphatic rings. The van der Waals surface area contributed by atoms with E-state index in [1.165, 1.54) is 24.3 Å².